The van der Waals surface area contributed by atoms with E-state index < -0.39 is 34.1 Å². The summed E-state index contributed by atoms with van der Waals surface area (Å²) in [5, 5.41) is 31.0. The zero-order valence-electron chi connectivity index (χ0n) is 20.4. The summed E-state index contributed by atoms with van der Waals surface area (Å²) in [6, 6.07) is 4.34. The van der Waals surface area contributed by atoms with Crippen LogP contribution in [0.4, 0.5) is 0 Å². The van der Waals surface area contributed by atoms with Crippen LogP contribution in [0, 0.1) is 11.8 Å². The first-order chi connectivity index (χ1) is 17.9. The number of nitrogens with one attached hydrogen (secondary N) is 2. The molecular formula is C23H27N5O7S3. The zero-order valence-corrected chi connectivity index (χ0v) is 22.9. The van der Waals surface area contributed by atoms with Gasteiger partial charge >= 0.3 is 5.97 Å². The molecule has 3 aliphatic rings. The van der Waals surface area contributed by atoms with Crippen molar-refractivity contribution in [3.05, 3.63) is 34.4 Å². The first kappa shape index (κ1) is 27.0. The second kappa shape index (κ2) is 9.88. The van der Waals surface area contributed by atoms with Gasteiger partial charge < -0.3 is 25.7 Å². The van der Waals surface area contributed by atoms with Crippen LogP contribution in [-0.2, 0) is 31.0 Å². The number of aliphatic hydroxyl groups excluding tert-OH is 1. The van der Waals surface area contributed by atoms with Gasteiger partial charge in [0.05, 0.1) is 34.3 Å². The van der Waals surface area contributed by atoms with E-state index in [2.05, 4.69) is 15.6 Å². The number of carboxylic acids is 1. The Morgan fingerprint density at radius 3 is 2.79 bits per heavy atom. The number of aliphatic carboxylic acids is 1. The van der Waals surface area contributed by atoms with Crippen LogP contribution >= 0.6 is 23.1 Å². The van der Waals surface area contributed by atoms with E-state index in [1.807, 2.05) is 6.92 Å². The van der Waals surface area contributed by atoms with Crippen LogP contribution in [-0.4, -0.2) is 76.3 Å². The first-order valence-corrected chi connectivity index (χ1v) is 15.2. The van der Waals surface area contributed by atoms with Crippen molar-refractivity contribution in [3.63, 3.8) is 0 Å². The highest BCUT2D eigenvalue weighted by atomic mass is 32.2. The number of carbonyl (C=O) groups is 3. The van der Waals surface area contributed by atoms with E-state index in [0.29, 0.717) is 28.1 Å². The van der Waals surface area contributed by atoms with Gasteiger partial charge in [0.2, 0.25) is 16.2 Å². The Bertz CT molecular complexity index is 1470. The second-order valence-electron chi connectivity index (χ2n) is 9.75. The number of rotatable bonds is 8. The van der Waals surface area contributed by atoms with Crippen LogP contribution in [0.3, 0.4) is 0 Å². The van der Waals surface area contributed by atoms with Crippen molar-refractivity contribution in [1.82, 2.24) is 20.5 Å². The predicted molar refractivity (Wildman–Crippen MR) is 140 cm³/mol. The van der Waals surface area contributed by atoms with E-state index >= 15 is 0 Å². The lowest BCUT2D eigenvalue weighted by atomic mass is 9.79. The molecule has 2 amide bonds. The number of hydrogen-bond acceptors (Lipinski definition) is 10. The molecule has 0 aliphatic carbocycles. The Labute approximate surface area is 226 Å². The third-order valence-electron chi connectivity index (χ3n) is 7.16. The maximum Gasteiger partial charge on any atom is 0.353 e. The highest BCUT2D eigenvalue weighted by Gasteiger charge is 2.60. The molecule has 0 saturated carbocycles. The molecular weight excluding hydrogens is 554 g/mol. The summed E-state index contributed by atoms with van der Waals surface area (Å²) < 4.78 is 23.6. The van der Waals surface area contributed by atoms with Gasteiger partial charge in [0.1, 0.15) is 5.70 Å². The number of nitrogens with two attached hydrogens (primary N) is 1. The Hall–Kier alpha value is -2.56. The van der Waals surface area contributed by atoms with Gasteiger partial charge in [0.25, 0.3) is 10.0 Å². The van der Waals surface area contributed by atoms with Gasteiger partial charge in [-0.3, -0.25) is 9.59 Å². The number of amides is 2. The number of sulfonamides is 1. The van der Waals surface area contributed by atoms with Crippen LogP contribution in [0.5, 0.6) is 0 Å². The van der Waals surface area contributed by atoms with Crippen molar-refractivity contribution in [2.24, 2.45) is 17.0 Å². The monoisotopic (exact) mass is 581 g/mol. The zero-order chi connectivity index (χ0) is 27.5. The molecule has 5 rings (SSSR count). The Morgan fingerprint density at radius 1 is 1.39 bits per heavy atom. The number of hydrogen-bond donors (Lipinski definition) is 5. The van der Waals surface area contributed by atoms with Crippen molar-refractivity contribution in [2.75, 3.05) is 6.54 Å². The molecule has 0 spiro atoms. The third-order valence-corrected chi connectivity index (χ3v) is 11.0. The number of aromatic nitrogens is 1. The minimum Gasteiger partial charge on any atom is -0.477 e. The summed E-state index contributed by atoms with van der Waals surface area (Å²) in [5.41, 5.74) is 1.26. The average Bonchev–Trinajstić information content (AvgIpc) is 3.53. The van der Waals surface area contributed by atoms with Gasteiger partial charge in [-0.05, 0) is 31.0 Å². The van der Waals surface area contributed by atoms with Crippen molar-refractivity contribution in [1.29, 1.82) is 0 Å². The van der Waals surface area contributed by atoms with Crippen LogP contribution in [0.1, 0.15) is 25.8 Å². The highest BCUT2D eigenvalue weighted by molar-refractivity contribution is 8.03. The molecule has 1 aromatic carbocycles. The summed E-state index contributed by atoms with van der Waals surface area (Å²) in [4.78, 5) is 43.3. The molecule has 6 N–H and O–H groups in total. The molecule has 12 nitrogen and oxygen atoms in total. The van der Waals surface area contributed by atoms with Crippen molar-refractivity contribution >= 4 is 61.1 Å². The van der Waals surface area contributed by atoms with E-state index in [1.54, 1.807) is 25.1 Å². The maximum absolute atomic E-state index is 12.8. The molecule has 0 unspecified atom stereocenters. The summed E-state index contributed by atoms with van der Waals surface area (Å²) in [6.07, 6.45) is -0.386. The molecule has 38 heavy (non-hydrogen) atoms. The molecule has 204 valence electrons. The molecule has 2 fully saturated rings. The smallest absolute Gasteiger partial charge is 0.353 e. The lowest BCUT2D eigenvalue weighted by Gasteiger charge is -2.46. The largest absolute Gasteiger partial charge is 0.477 e. The van der Waals surface area contributed by atoms with Crippen LogP contribution < -0.4 is 15.8 Å². The standard InChI is InChI=1S/C23H27N5O7S3/c1-9-17-16(10(2)29)21(31)28(17)18(22(32)33)19(9)36-12-6-14(25-8-12)20(30)26-7-11-3-4-13-15(5-11)37-23(27-13)38(24,34)35/h3-5,9-10,12,14,16-17,25,29H,6-8H2,1-2H3,(H,26,30)(H,32,33)(H2,24,34,35)/t9-,10-,12+,14+,16-,17-/m1/s1. The number of aliphatic hydroxyl groups is 1. The molecule has 2 saturated heterocycles. The van der Waals surface area contributed by atoms with Gasteiger partial charge in [-0.25, -0.2) is 23.3 Å². The van der Waals surface area contributed by atoms with Gasteiger partial charge in [0, 0.05) is 29.2 Å². The van der Waals surface area contributed by atoms with E-state index in [4.69, 9.17) is 5.14 Å². The van der Waals surface area contributed by atoms with Gasteiger partial charge in [-0.1, -0.05) is 13.0 Å². The third kappa shape index (κ3) is 4.71. The number of carbonyl (C=O) groups excluding carboxylic acids is 2. The molecule has 6 atom stereocenters. The average molecular weight is 582 g/mol. The van der Waals surface area contributed by atoms with Crippen molar-refractivity contribution in [3.8, 4) is 0 Å². The molecule has 0 bridgehead atoms. The Balaban J connectivity index is 1.21. The quantitative estimate of drug-likeness (QED) is 0.269. The molecule has 15 heteroatoms. The van der Waals surface area contributed by atoms with Gasteiger partial charge in [-0.2, -0.15) is 0 Å². The molecule has 2 aromatic rings. The van der Waals surface area contributed by atoms with E-state index in [9.17, 15) is 33.0 Å². The number of fused-ring (bicyclic) bond motifs is 2. The van der Waals surface area contributed by atoms with E-state index in [1.165, 1.54) is 16.7 Å². The summed E-state index contributed by atoms with van der Waals surface area (Å²) in [7, 11) is -3.89. The minimum atomic E-state index is -3.89. The van der Waals surface area contributed by atoms with Gasteiger partial charge in [-0.15, -0.1) is 23.1 Å². The van der Waals surface area contributed by atoms with E-state index in [-0.39, 0.29) is 45.6 Å². The number of β-lactam (4-membered cyclic amide) rings is 1. The fourth-order valence-corrected chi connectivity index (χ4v) is 8.54. The fraction of sp³-hybridized carbons (Fsp3) is 0.478. The van der Waals surface area contributed by atoms with Crippen LogP contribution in [0.2, 0.25) is 0 Å². The van der Waals surface area contributed by atoms with Crippen LogP contribution in [0.15, 0.2) is 33.1 Å². The second-order valence-corrected chi connectivity index (χ2v) is 13.9. The molecule has 4 heterocycles. The number of benzene rings is 1. The number of nitrogens with zero attached hydrogens (tertiary/aromatic N) is 2. The number of primary sulfonamides is 1. The number of carboxylic acid groups (broad SMARTS) is 1. The normalized spacial score (nSPS) is 27.9. The van der Waals surface area contributed by atoms with E-state index in [0.717, 1.165) is 16.9 Å². The minimum absolute atomic E-state index is 0.0219. The SMILES string of the molecule is C[C@@H](O)[C@H]1C(=O)N2C(C(=O)O)=C(S[C@@H]3CN[C@H](C(=O)NCc4ccc5nc(S(N)(=O)=O)sc5c4)C3)[C@H](C)[C@H]12. The highest BCUT2D eigenvalue weighted by Crippen LogP contribution is 2.51. The summed E-state index contributed by atoms with van der Waals surface area (Å²) in [6.45, 7) is 4.14. The fourth-order valence-electron chi connectivity index (χ4n) is 5.34. The summed E-state index contributed by atoms with van der Waals surface area (Å²) in [5.74, 6) is -2.60. The molecule has 1 aromatic heterocycles. The van der Waals surface area contributed by atoms with Crippen molar-refractivity contribution in [2.45, 2.75) is 54.6 Å². The lowest BCUT2D eigenvalue weighted by Crippen LogP contribution is -2.63. The summed E-state index contributed by atoms with van der Waals surface area (Å²) >= 11 is 2.35. The predicted octanol–water partition coefficient (Wildman–Crippen LogP) is 0.177. The first-order valence-electron chi connectivity index (χ1n) is 12.0. The lowest BCUT2D eigenvalue weighted by molar-refractivity contribution is -0.163. The topological polar surface area (TPSA) is 192 Å². The molecule has 0 radical (unpaired) electrons. The number of thioether (sulfide) groups is 1. The Kier molecular flexibility index (Phi) is 7.02. The van der Waals surface area contributed by atoms with Crippen molar-refractivity contribution < 1.29 is 33.0 Å². The maximum atomic E-state index is 12.8. The number of thiazole rings is 1. The van der Waals surface area contributed by atoms with Gasteiger partial charge in [0.15, 0.2) is 0 Å². The Morgan fingerprint density at radius 2 is 2.13 bits per heavy atom. The molecule has 3 aliphatic heterocycles. The van der Waals surface area contributed by atoms with Crippen LogP contribution in [0.25, 0.3) is 10.2 Å².